The lowest BCUT2D eigenvalue weighted by molar-refractivity contribution is 0.154. The fraction of sp³-hybridized carbons (Fsp3) is 0.889. The third-order valence-corrected chi connectivity index (χ3v) is 2.34. The molecule has 0 aromatic heterocycles. The average molecular weight is 167 g/mol. The SMILES string of the molecule is [C-]#[N+]CCCN1CCN(C)CC1. The molecule has 0 radical (unpaired) electrons. The highest BCUT2D eigenvalue weighted by Crippen LogP contribution is 1.99. The first-order chi connectivity index (χ1) is 5.83. The first-order valence-corrected chi connectivity index (χ1v) is 4.57. The number of hydrogen-bond acceptors (Lipinski definition) is 2. The Morgan fingerprint density at radius 1 is 1.25 bits per heavy atom. The van der Waals surface area contributed by atoms with Gasteiger partial charge >= 0.3 is 0 Å². The molecule has 0 amide bonds. The van der Waals surface area contributed by atoms with Crippen LogP contribution in [0.25, 0.3) is 4.85 Å². The zero-order valence-corrected chi connectivity index (χ0v) is 7.79. The van der Waals surface area contributed by atoms with Gasteiger partial charge in [0.25, 0.3) is 0 Å². The number of likely N-dealkylation sites (N-methyl/N-ethyl adjacent to an activating group) is 1. The largest absolute Gasteiger partial charge is 0.317 e. The zero-order chi connectivity index (χ0) is 8.81. The number of hydrogen-bond donors (Lipinski definition) is 0. The molecule has 1 fully saturated rings. The lowest BCUT2D eigenvalue weighted by Gasteiger charge is -2.31. The van der Waals surface area contributed by atoms with Gasteiger partial charge in [0.15, 0.2) is 0 Å². The van der Waals surface area contributed by atoms with Crippen LogP contribution in [-0.4, -0.2) is 56.1 Å². The molecule has 1 saturated heterocycles. The topological polar surface area (TPSA) is 10.8 Å². The van der Waals surface area contributed by atoms with Crippen LogP contribution in [0, 0.1) is 6.57 Å². The van der Waals surface area contributed by atoms with Gasteiger partial charge in [-0.1, -0.05) is 0 Å². The van der Waals surface area contributed by atoms with Crippen molar-refractivity contribution in [3.8, 4) is 0 Å². The van der Waals surface area contributed by atoms with Gasteiger partial charge in [0.05, 0.1) is 0 Å². The minimum atomic E-state index is 0.687. The highest BCUT2D eigenvalue weighted by molar-refractivity contribution is 4.70. The van der Waals surface area contributed by atoms with E-state index in [1.165, 1.54) is 26.2 Å². The Morgan fingerprint density at radius 3 is 2.50 bits per heavy atom. The van der Waals surface area contributed by atoms with Crippen molar-refractivity contribution in [2.75, 3.05) is 46.3 Å². The highest BCUT2D eigenvalue weighted by atomic mass is 15.2. The lowest BCUT2D eigenvalue weighted by Crippen LogP contribution is -2.44. The molecule has 0 saturated carbocycles. The van der Waals surface area contributed by atoms with Crippen molar-refractivity contribution in [1.29, 1.82) is 0 Å². The van der Waals surface area contributed by atoms with E-state index in [4.69, 9.17) is 6.57 Å². The van der Waals surface area contributed by atoms with Crippen LogP contribution in [-0.2, 0) is 0 Å². The fourth-order valence-electron chi connectivity index (χ4n) is 1.44. The van der Waals surface area contributed by atoms with Gasteiger partial charge < -0.3 is 14.6 Å². The van der Waals surface area contributed by atoms with Crippen LogP contribution < -0.4 is 0 Å². The van der Waals surface area contributed by atoms with Crippen LogP contribution in [0.2, 0.25) is 0 Å². The third kappa shape index (κ3) is 3.21. The minimum absolute atomic E-state index is 0.687. The summed E-state index contributed by atoms with van der Waals surface area (Å²) in [6, 6.07) is 0. The summed E-state index contributed by atoms with van der Waals surface area (Å²) < 4.78 is 0. The third-order valence-electron chi connectivity index (χ3n) is 2.34. The van der Waals surface area contributed by atoms with Crippen molar-refractivity contribution >= 4 is 0 Å². The van der Waals surface area contributed by atoms with Crippen molar-refractivity contribution in [1.82, 2.24) is 9.80 Å². The minimum Gasteiger partial charge on any atom is -0.317 e. The maximum atomic E-state index is 6.65. The van der Waals surface area contributed by atoms with Crippen LogP contribution in [0.4, 0.5) is 0 Å². The van der Waals surface area contributed by atoms with Gasteiger partial charge in [0.1, 0.15) is 0 Å². The Balaban J connectivity index is 2.06. The van der Waals surface area contributed by atoms with Gasteiger partial charge in [-0.25, -0.2) is 6.57 Å². The van der Waals surface area contributed by atoms with Crippen molar-refractivity contribution < 1.29 is 0 Å². The Hall–Kier alpha value is -0.590. The summed E-state index contributed by atoms with van der Waals surface area (Å²) in [7, 11) is 2.16. The molecule has 1 aliphatic rings. The number of nitrogens with zero attached hydrogens (tertiary/aromatic N) is 3. The number of piperazine rings is 1. The normalized spacial score (nSPS) is 20.7. The zero-order valence-electron chi connectivity index (χ0n) is 7.79. The summed E-state index contributed by atoms with van der Waals surface area (Å²) >= 11 is 0. The smallest absolute Gasteiger partial charge is 0.215 e. The molecule has 0 N–H and O–H groups in total. The summed E-state index contributed by atoms with van der Waals surface area (Å²) in [5.41, 5.74) is 0. The molecular weight excluding hydrogens is 150 g/mol. The summed E-state index contributed by atoms with van der Waals surface area (Å²) in [6.45, 7) is 13.2. The van der Waals surface area contributed by atoms with E-state index in [-0.39, 0.29) is 0 Å². The summed E-state index contributed by atoms with van der Waals surface area (Å²) in [4.78, 5) is 8.15. The second-order valence-electron chi connectivity index (χ2n) is 3.38. The second-order valence-corrected chi connectivity index (χ2v) is 3.38. The maximum absolute atomic E-state index is 6.65. The van der Waals surface area contributed by atoms with Gasteiger partial charge in [-0.15, -0.1) is 0 Å². The van der Waals surface area contributed by atoms with E-state index >= 15 is 0 Å². The van der Waals surface area contributed by atoms with Crippen LogP contribution in [0.5, 0.6) is 0 Å². The Bertz CT molecular complexity index is 154. The molecule has 12 heavy (non-hydrogen) atoms. The molecule has 0 atom stereocenters. The van der Waals surface area contributed by atoms with E-state index in [1.807, 2.05) is 0 Å². The first kappa shape index (κ1) is 9.50. The number of rotatable bonds is 3. The highest BCUT2D eigenvalue weighted by Gasteiger charge is 2.12. The molecule has 0 aromatic carbocycles. The molecular formula is C9H17N3. The predicted octanol–water partition coefficient (Wildman–Crippen LogP) is 0.543. The lowest BCUT2D eigenvalue weighted by atomic mass is 10.3. The molecule has 3 nitrogen and oxygen atoms in total. The standard InChI is InChI=1S/C9H17N3/c1-10-4-3-5-12-8-6-11(2)7-9-12/h3-9H2,2H3. The monoisotopic (exact) mass is 167 g/mol. The van der Waals surface area contributed by atoms with Crippen LogP contribution in [0.1, 0.15) is 6.42 Å². The fourth-order valence-corrected chi connectivity index (χ4v) is 1.44. The molecule has 0 spiro atoms. The van der Waals surface area contributed by atoms with Crippen molar-refractivity contribution in [2.45, 2.75) is 6.42 Å². The van der Waals surface area contributed by atoms with Gasteiger partial charge in [-0.05, 0) is 7.05 Å². The Morgan fingerprint density at radius 2 is 1.92 bits per heavy atom. The van der Waals surface area contributed by atoms with E-state index in [0.29, 0.717) is 6.54 Å². The average Bonchev–Trinajstić information content (AvgIpc) is 2.09. The van der Waals surface area contributed by atoms with E-state index in [0.717, 1.165) is 13.0 Å². The van der Waals surface area contributed by atoms with E-state index in [9.17, 15) is 0 Å². The van der Waals surface area contributed by atoms with Crippen molar-refractivity contribution in [3.05, 3.63) is 11.4 Å². The molecule has 0 aliphatic carbocycles. The Labute approximate surface area is 74.8 Å². The molecule has 1 rings (SSSR count). The molecule has 68 valence electrons. The summed E-state index contributed by atoms with van der Waals surface area (Å²) in [5, 5.41) is 0. The Kier molecular flexibility index (Phi) is 4.06. The predicted molar refractivity (Wildman–Crippen MR) is 50.0 cm³/mol. The summed E-state index contributed by atoms with van der Waals surface area (Å²) in [5.74, 6) is 0. The first-order valence-electron chi connectivity index (χ1n) is 4.57. The molecule has 0 aromatic rings. The molecule has 1 aliphatic heterocycles. The van der Waals surface area contributed by atoms with E-state index in [1.54, 1.807) is 0 Å². The van der Waals surface area contributed by atoms with E-state index < -0.39 is 0 Å². The van der Waals surface area contributed by atoms with Crippen molar-refractivity contribution in [2.24, 2.45) is 0 Å². The van der Waals surface area contributed by atoms with Gasteiger partial charge in [-0.2, -0.15) is 0 Å². The van der Waals surface area contributed by atoms with Gasteiger partial charge in [0, 0.05) is 39.1 Å². The van der Waals surface area contributed by atoms with Gasteiger partial charge in [-0.3, -0.25) is 0 Å². The second kappa shape index (κ2) is 5.13. The van der Waals surface area contributed by atoms with Crippen LogP contribution >= 0.6 is 0 Å². The van der Waals surface area contributed by atoms with Gasteiger partial charge in [0.2, 0.25) is 6.54 Å². The van der Waals surface area contributed by atoms with Crippen LogP contribution in [0.3, 0.4) is 0 Å². The maximum Gasteiger partial charge on any atom is 0.215 e. The summed E-state index contributed by atoms with van der Waals surface area (Å²) in [6.07, 6.45) is 1.03. The molecule has 3 heteroatoms. The van der Waals surface area contributed by atoms with E-state index in [2.05, 4.69) is 21.7 Å². The quantitative estimate of drug-likeness (QED) is 0.449. The van der Waals surface area contributed by atoms with Crippen molar-refractivity contribution in [3.63, 3.8) is 0 Å². The molecule has 0 bridgehead atoms. The van der Waals surface area contributed by atoms with Crippen LogP contribution in [0.15, 0.2) is 0 Å². The molecule has 1 heterocycles. The molecule has 0 unspecified atom stereocenters.